The van der Waals surface area contributed by atoms with E-state index < -0.39 is 0 Å². The van der Waals surface area contributed by atoms with Gasteiger partial charge in [0.05, 0.1) is 12.8 Å². The summed E-state index contributed by atoms with van der Waals surface area (Å²) >= 11 is 0. The SMILES string of the molecule is CC(C)=CCC/C(C)=C\COC(=O)CCC(=O)OC/C=C(/C)CCC=C(C)C. The Bertz CT molecular complexity index is 544. The molecule has 0 rings (SSSR count). The van der Waals surface area contributed by atoms with Crippen molar-refractivity contribution in [2.24, 2.45) is 0 Å². The van der Waals surface area contributed by atoms with Crippen LogP contribution < -0.4 is 0 Å². The zero-order valence-corrected chi connectivity index (χ0v) is 18.6. The predicted molar refractivity (Wildman–Crippen MR) is 116 cm³/mol. The zero-order valence-electron chi connectivity index (χ0n) is 18.6. The molecule has 0 aromatic carbocycles. The van der Waals surface area contributed by atoms with Gasteiger partial charge in [0, 0.05) is 0 Å². The molecule has 0 aromatic heterocycles. The molecule has 0 aliphatic carbocycles. The fraction of sp³-hybridized carbons (Fsp3) is 0.583. The first-order valence-electron chi connectivity index (χ1n) is 10.1. The molecular weight excluding hydrogens is 352 g/mol. The number of allylic oxidation sites excluding steroid dienone is 6. The third-order valence-corrected chi connectivity index (χ3v) is 4.07. The second-order valence-electron chi connectivity index (χ2n) is 7.61. The van der Waals surface area contributed by atoms with E-state index in [1.54, 1.807) is 0 Å². The van der Waals surface area contributed by atoms with Crippen molar-refractivity contribution in [2.75, 3.05) is 13.2 Å². The molecule has 0 radical (unpaired) electrons. The second-order valence-corrected chi connectivity index (χ2v) is 7.61. The molecule has 0 heterocycles. The normalized spacial score (nSPS) is 11.6. The number of rotatable bonds is 13. The van der Waals surface area contributed by atoms with E-state index in [1.807, 2.05) is 26.0 Å². The summed E-state index contributed by atoms with van der Waals surface area (Å²) in [6.07, 6.45) is 12.2. The molecule has 0 bridgehead atoms. The van der Waals surface area contributed by atoms with Gasteiger partial charge in [0.2, 0.25) is 0 Å². The van der Waals surface area contributed by atoms with Crippen molar-refractivity contribution in [3.8, 4) is 0 Å². The summed E-state index contributed by atoms with van der Waals surface area (Å²) < 4.78 is 10.3. The minimum Gasteiger partial charge on any atom is -0.461 e. The molecule has 0 aromatic rings. The van der Waals surface area contributed by atoms with Crippen molar-refractivity contribution in [1.82, 2.24) is 0 Å². The fourth-order valence-electron chi connectivity index (χ4n) is 2.28. The lowest BCUT2D eigenvalue weighted by atomic mass is 10.1. The van der Waals surface area contributed by atoms with Crippen molar-refractivity contribution < 1.29 is 19.1 Å². The Morgan fingerprint density at radius 1 is 0.571 bits per heavy atom. The molecule has 28 heavy (non-hydrogen) atoms. The minimum atomic E-state index is -0.376. The number of ether oxygens (including phenoxy) is 2. The molecule has 0 atom stereocenters. The lowest BCUT2D eigenvalue weighted by molar-refractivity contribution is -0.149. The lowest BCUT2D eigenvalue weighted by Gasteiger charge is -2.05. The quantitative estimate of drug-likeness (QED) is 0.276. The van der Waals surface area contributed by atoms with Crippen LogP contribution in [0.1, 0.15) is 80.1 Å². The lowest BCUT2D eigenvalue weighted by Crippen LogP contribution is -2.10. The van der Waals surface area contributed by atoms with Crippen LogP contribution in [0, 0.1) is 0 Å². The highest BCUT2D eigenvalue weighted by molar-refractivity contribution is 5.77. The van der Waals surface area contributed by atoms with Crippen LogP contribution in [0.15, 0.2) is 46.6 Å². The fourth-order valence-corrected chi connectivity index (χ4v) is 2.28. The van der Waals surface area contributed by atoms with E-state index in [9.17, 15) is 9.59 Å². The maximum absolute atomic E-state index is 11.7. The summed E-state index contributed by atoms with van der Waals surface area (Å²) in [4.78, 5) is 23.4. The third-order valence-electron chi connectivity index (χ3n) is 4.07. The third kappa shape index (κ3) is 17.3. The van der Waals surface area contributed by atoms with Gasteiger partial charge in [-0.1, -0.05) is 34.4 Å². The topological polar surface area (TPSA) is 52.6 Å². The zero-order chi connectivity index (χ0) is 21.4. The number of hydrogen-bond donors (Lipinski definition) is 0. The van der Waals surface area contributed by atoms with E-state index in [4.69, 9.17) is 9.47 Å². The van der Waals surface area contributed by atoms with Crippen LogP contribution in [0.2, 0.25) is 0 Å². The maximum Gasteiger partial charge on any atom is 0.306 e. The Hall–Kier alpha value is -2.10. The summed E-state index contributed by atoms with van der Waals surface area (Å²) in [7, 11) is 0. The first-order valence-corrected chi connectivity index (χ1v) is 10.1. The summed E-state index contributed by atoms with van der Waals surface area (Å²) in [5.41, 5.74) is 4.99. The molecule has 0 fully saturated rings. The van der Waals surface area contributed by atoms with Gasteiger partial charge in [-0.25, -0.2) is 0 Å². The average Bonchev–Trinajstić information content (AvgIpc) is 2.59. The summed E-state index contributed by atoms with van der Waals surface area (Å²) in [5.74, 6) is -0.752. The Kier molecular flexibility index (Phi) is 14.7. The molecule has 158 valence electrons. The molecule has 4 nitrogen and oxygen atoms in total. The first-order chi connectivity index (χ1) is 13.2. The molecule has 0 amide bonds. The summed E-state index contributed by atoms with van der Waals surface area (Å²) in [6.45, 7) is 12.9. The first kappa shape index (κ1) is 25.9. The van der Waals surface area contributed by atoms with Crippen LogP contribution in [0.3, 0.4) is 0 Å². The number of esters is 2. The summed E-state index contributed by atoms with van der Waals surface area (Å²) in [5, 5.41) is 0. The van der Waals surface area contributed by atoms with Gasteiger partial charge in [-0.05, 0) is 79.4 Å². The Balaban J connectivity index is 3.92. The molecule has 0 aliphatic heterocycles. The molecule has 0 N–H and O–H groups in total. The molecule has 0 spiro atoms. The van der Waals surface area contributed by atoms with Crippen LogP contribution in [0.25, 0.3) is 0 Å². The maximum atomic E-state index is 11.7. The molecule has 0 saturated carbocycles. The van der Waals surface area contributed by atoms with Crippen molar-refractivity contribution in [3.05, 3.63) is 46.6 Å². The van der Waals surface area contributed by atoms with Gasteiger partial charge in [-0.15, -0.1) is 0 Å². The van der Waals surface area contributed by atoms with Crippen molar-refractivity contribution in [1.29, 1.82) is 0 Å². The van der Waals surface area contributed by atoms with Gasteiger partial charge in [0.25, 0.3) is 0 Å². The van der Waals surface area contributed by atoms with Gasteiger partial charge >= 0.3 is 11.9 Å². The predicted octanol–water partition coefficient (Wildman–Crippen LogP) is 6.24. The highest BCUT2D eigenvalue weighted by Crippen LogP contribution is 2.08. The minimum absolute atomic E-state index is 0.0484. The van der Waals surface area contributed by atoms with E-state index in [-0.39, 0.29) is 38.0 Å². The Morgan fingerprint density at radius 3 is 1.25 bits per heavy atom. The van der Waals surface area contributed by atoms with Crippen LogP contribution in [-0.2, 0) is 19.1 Å². The van der Waals surface area contributed by atoms with Crippen LogP contribution >= 0.6 is 0 Å². The molecule has 4 heteroatoms. The Labute approximate surface area is 171 Å². The number of carbonyl (C=O) groups is 2. The molecule has 0 saturated heterocycles. The monoisotopic (exact) mass is 390 g/mol. The Morgan fingerprint density at radius 2 is 0.929 bits per heavy atom. The van der Waals surface area contributed by atoms with Crippen molar-refractivity contribution >= 4 is 11.9 Å². The highest BCUT2D eigenvalue weighted by atomic mass is 16.5. The van der Waals surface area contributed by atoms with E-state index in [2.05, 4.69) is 39.8 Å². The van der Waals surface area contributed by atoms with Crippen molar-refractivity contribution in [3.63, 3.8) is 0 Å². The smallest absolute Gasteiger partial charge is 0.306 e. The molecule has 0 unspecified atom stereocenters. The van der Waals surface area contributed by atoms with E-state index in [0.717, 1.165) is 25.7 Å². The number of hydrogen-bond acceptors (Lipinski definition) is 4. The van der Waals surface area contributed by atoms with Gasteiger partial charge in [0.1, 0.15) is 13.2 Å². The van der Waals surface area contributed by atoms with E-state index in [1.165, 1.54) is 22.3 Å². The van der Waals surface area contributed by atoms with Gasteiger partial charge < -0.3 is 9.47 Å². The number of carbonyl (C=O) groups excluding carboxylic acids is 2. The largest absolute Gasteiger partial charge is 0.461 e. The van der Waals surface area contributed by atoms with Crippen LogP contribution in [-0.4, -0.2) is 25.2 Å². The molecule has 0 aliphatic rings. The van der Waals surface area contributed by atoms with Gasteiger partial charge in [-0.3, -0.25) is 9.59 Å². The van der Waals surface area contributed by atoms with E-state index >= 15 is 0 Å². The van der Waals surface area contributed by atoms with Gasteiger partial charge in [0.15, 0.2) is 0 Å². The van der Waals surface area contributed by atoms with Gasteiger partial charge in [-0.2, -0.15) is 0 Å². The standard InChI is InChI=1S/C24H38O4/c1-19(2)9-7-11-21(5)15-17-27-23(25)13-14-24(26)28-18-16-22(6)12-8-10-20(3)4/h9-10,15-16H,7-8,11-14,17-18H2,1-6H3/b21-15-,22-16-. The average molecular weight is 391 g/mol. The van der Waals surface area contributed by atoms with Crippen LogP contribution in [0.4, 0.5) is 0 Å². The van der Waals surface area contributed by atoms with Crippen LogP contribution in [0.5, 0.6) is 0 Å². The van der Waals surface area contributed by atoms with Crippen molar-refractivity contribution in [2.45, 2.75) is 80.1 Å². The highest BCUT2D eigenvalue weighted by Gasteiger charge is 2.08. The second kappa shape index (κ2) is 15.9. The molecular formula is C24H38O4. The summed E-state index contributed by atoms with van der Waals surface area (Å²) in [6, 6.07) is 0. The van der Waals surface area contributed by atoms with E-state index in [0.29, 0.717) is 0 Å².